The van der Waals surface area contributed by atoms with E-state index >= 15 is 0 Å². The van der Waals surface area contributed by atoms with Crippen LogP contribution >= 0.6 is 31.9 Å². The molecule has 0 saturated carbocycles. The van der Waals surface area contributed by atoms with Crippen molar-refractivity contribution in [3.63, 3.8) is 0 Å². The molecule has 1 heterocycles. The summed E-state index contributed by atoms with van der Waals surface area (Å²) in [6.07, 6.45) is 0. The molecule has 0 amide bonds. The topological polar surface area (TPSA) is 24.1 Å². The zero-order chi connectivity index (χ0) is 9.97. The summed E-state index contributed by atoms with van der Waals surface area (Å²) in [5.74, 6) is 0. The van der Waals surface area contributed by atoms with Crippen molar-refractivity contribution in [1.29, 1.82) is 0 Å². The zero-order valence-corrected chi connectivity index (χ0v) is 10.9. The lowest BCUT2D eigenvalue weighted by Crippen LogP contribution is -2.42. The summed E-state index contributed by atoms with van der Waals surface area (Å²) < 4.78 is 2.22. The summed E-state index contributed by atoms with van der Waals surface area (Å²) >= 11 is 6.99. The molecule has 0 spiro atoms. The van der Waals surface area contributed by atoms with Gasteiger partial charge in [0, 0.05) is 34.6 Å². The Bertz CT molecular complexity index is 322. The Hall–Kier alpha value is 0.1000. The van der Waals surface area contributed by atoms with Crippen LogP contribution in [0.15, 0.2) is 27.1 Å². The van der Waals surface area contributed by atoms with Crippen LogP contribution in [0.2, 0.25) is 0 Å². The van der Waals surface area contributed by atoms with Gasteiger partial charge in [-0.3, -0.25) is 0 Å². The summed E-state index contributed by atoms with van der Waals surface area (Å²) in [6, 6.07) is 6.83. The number of hydrogen-bond acceptors (Lipinski definition) is 2. The van der Waals surface area contributed by atoms with E-state index in [-0.39, 0.29) is 0 Å². The minimum absolute atomic E-state index is 0.438. The fourth-order valence-corrected chi connectivity index (χ4v) is 2.26. The molecule has 0 radical (unpaired) electrons. The molecule has 76 valence electrons. The van der Waals surface area contributed by atoms with Gasteiger partial charge < -0.3 is 10.6 Å². The molecule has 2 rings (SSSR count). The molecule has 2 N–H and O–H groups in total. The van der Waals surface area contributed by atoms with Crippen molar-refractivity contribution in [3.8, 4) is 0 Å². The Morgan fingerprint density at radius 1 is 1.14 bits per heavy atom. The number of piperazine rings is 1. The number of benzene rings is 1. The van der Waals surface area contributed by atoms with Crippen molar-refractivity contribution in [2.75, 3.05) is 19.6 Å². The summed E-state index contributed by atoms with van der Waals surface area (Å²) in [4.78, 5) is 0. The Balaban J connectivity index is 2.18. The van der Waals surface area contributed by atoms with E-state index in [1.165, 1.54) is 5.56 Å². The Kier molecular flexibility index (Phi) is 3.60. The molecular weight excluding hydrogens is 308 g/mol. The van der Waals surface area contributed by atoms with E-state index in [9.17, 15) is 0 Å². The highest BCUT2D eigenvalue weighted by Crippen LogP contribution is 2.26. The second kappa shape index (κ2) is 4.75. The quantitative estimate of drug-likeness (QED) is 0.831. The Morgan fingerprint density at radius 3 is 2.64 bits per heavy atom. The second-order valence-electron chi connectivity index (χ2n) is 3.38. The van der Waals surface area contributed by atoms with Crippen molar-refractivity contribution in [3.05, 3.63) is 32.7 Å². The van der Waals surface area contributed by atoms with Crippen molar-refractivity contribution in [2.24, 2.45) is 0 Å². The van der Waals surface area contributed by atoms with Crippen LogP contribution < -0.4 is 10.6 Å². The third-order valence-electron chi connectivity index (χ3n) is 2.39. The first-order valence-corrected chi connectivity index (χ1v) is 6.25. The molecule has 1 saturated heterocycles. The van der Waals surface area contributed by atoms with Crippen LogP contribution in [0.25, 0.3) is 0 Å². The van der Waals surface area contributed by atoms with Crippen LogP contribution in [0.4, 0.5) is 0 Å². The maximum atomic E-state index is 3.52. The summed E-state index contributed by atoms with van der Waals surface area (Å²) in [6.45, 7) is 3.11. The summed E-state index contributed by atoms with van der Waals surface area (Å²) in [7, 11) is 0. The van der Waals surface area contributed by atoms with E-state index in [2.05, 4.69) is 60.7 Å². The van der Waals surface area contributed by atoms with Gasteiger partial charge in [-0.1, -0.05) is 6.07 Å². The van der Waals surface area contributed by atoms with Gasteiger partial charge in [-0.05, 0) is 49.6 Å². The summed E-state index contributed by atoms with van der Waals surface area (Å²) in [5.41, 5.74) is 1.33. The van der Waals surface area contributed by atoms with Crippen LogP contribution in [0.5, 0.6) is 0 Å². The minimum Gasteiger partial charge on any atom is -0.314 e. The molecule has 1 aromatic carbocycles. The zero-order valence-electron chi connectivity index (χ0n) is 7.69. The third kappa shape index (κ3) is 2.37. The number of nitrogens with one attached hydrogen (secondary N) is 2. The van der Waals surface area contributed by atoms with E-state index in [0.717, 1.165) is 28.6 Å². The van der Waals surface area contributed by atoms with Gasteiger partial charge in [-0.25, -0.2) is 0 Å². The first-order chi connectivity index (χ1) is 6.77. The molecule has 0 bridgehead atoms. The average Bonchev–Trinajstić information content (AvgIpc) is 2.23. The van der Waals surface area contributed by atoms with E-state index in [1.54, 1.807) is 0 Å². The van der Waals surface area contributed by atoms with Gasteiger partial charge in [0.05, 0.1) is 0 Å². The molecule has 1 atom stereocenters. The van der Waals surface area contributed by atoms with Crippen molar-refractivity contribution in [2.45, 2.75) is 6.04 Å². The van der Waals surface area contributed by atoms with E-state index in [1.807, 2.05) is 0 Å². The highest BCUT2D eigenvalue weighted by Gasteiger charge is 2.14. The molecule has 1 aromatic rings. The molecule has 1 aliphatic rings. The van der Waals surface area contributed by atoms with Crippen LogP contribution in [0.3, 0.4) is 0 Å². The lowest BCUT2D eigenvalue weighted by atomic mass is 10.1. The van der Waals surface area contributed by atoms with E-state index < -0.39 is 0 Å². The molecule has 1 fully saturated rings. The fraction of sp³-hybridized carbons (Fsp3) is 0.400. The predicted molar refractivity (Wildman–Crippen MR) is 65.5 cm³/mol. The normalized spacial score (nSPS) is 22.3. The van der Waals surface area contributed by atoms with Crippen LogP contribution in [0.1, 0.15) is 11.6 Å². The third-order valence-corrected chi connectivity index (χ3v) is 4.27. The predicted octanol–water partition coefficient (Wildman–Crippen LogP) is 2.45. The van der Waals surface area contributed by atoms with Crippen molar-refractivity contribution in [1.82, 2.24) is 10.6 Å². The van der Waals surface area contributed by atoms with Gasteiger partial charge in [-0.2, -0.15) is 0 Å². The van der Waals surface area contributed by atoms with Gasteiger partial charge in [0.2, 0.25) is 0 Å². The molecule has 2 nitrogen and oxygen atoms in total. The number of rotatable bonds is 1. The van der Waals surface area contributed by atoms with Crippen molar-refractivity contribution < 1.29 is 0 Å². The molecule has 14 heavy (non-hydrogen) atoms. The molecule has 0 aromatic heterocycles. The molecule has 0 unspecified atom stereocenters. The monoisotopic (exact) mass is 318 g/mol. The first-order valence-electron chi connectivity index (χ1n) is 4.66. The Labute approximate surface area is 101 Å². The lowest BCUT2D eigenvalue weighted by molar-refractivity contribution is 0.430. The van der Waals surface area contributed by atoms with Crippen LogP contribution in [-0.2, 0) is 0 Å². The molecule has 1 aliphatic heterocycles. The highest BCUT2D eigenvalue weighted by molar-refractivity contribution is 9.13. The largest absolute Gasteiger partial charge is 0.314 e. The van der Waals surface area contributed by atoms with Gasteiger partial charge in [-0.15, -0.1) is 0 Å². The maximum absolute atomic E-state index is 3.52. The van der Waals surface area contributed by atoms with Crippen molar-refractivity contribution >= 4 is 31.9 Å². The maximum Gasteiger partial charge on any atom is 0.0447 e. The molecule has 0 aliphatic carbocycles. The number of hydrogen-bond donors (Lipinski definition) is 2. The average molecular weight is 320 g/mol. The summed E-state index contributed by atoms with van der Waals surface area (Å²) in [5, 5.41) is 6.86. The van der Waals surface area contributed by atoms with Gasteiger partial charge >= 0.3 is 0 Å². The first kappa shape index (κ1) is 10.6. The van der Waals surface area contributed by atoms with Gasteiger partial charge in [0.25, 0.3) is 0 Å². The Morgan fingerprint density at radius 2 is 2.00 bits per heavy atom. The highest BCUT2D eigenvalue weighted by atomic mass is 79.9. The fourth-order valence-electron chi connectivity index (χ4n) is 1.62. The van der Waals surface area contributed by atoms with Gasteiger partial charge in [0.1, 0.15) is 0 Å². The smallest absolute Gasteiger partial charge is 0.0447 e. The SMILES string of the molecule is Brc1ccc([C@@H]2CNCCN2)cc1Br. The van der Waals surface area contributed by atoms with E-state index in [4.69, 9.17) is 0 Å². The molecule has 4 heteroatoms. The lowest BCUT2D eigenvalue weighted by Gasteiger charge is -2.25. The van der Waals surface area contributed by atoms with Crippen LogP contribution in [0, 0.1) is 0 Å². The van der Waals surface area contributed by atoms with E-state index in [0.29, 0.717) is 6.04 Å². The number of halogens is 2. The standard InChI is InChI=1S/C10H12Br2N2/c11-8-2-1-7(5-9(8)12)10-6-13-3-4-14-10/h1-2,5,10,13-14H,3-4,6H2/t10-/m0/s1. The minimum atomic E-state index is 0.438. The van der Waals surface area contributed by atoms with Crippen LogP contribution in [-0.4, -0.2) is 19.6 Å². The molecular formula is C10H12Br2N2. The van der Waals surface area contributed by atoms with Gasteiger partial charge in [0.15, 0.2) is 0 Å². The second-order valence-corrected chi connectivity index (χ2v) is 5.09.